The van der Waals surface area contributed by atoms with E-state index >= 15 is 0 Å². The number of nitrogens with two attached hydrogens (primary N) is 1. The number of piperidine rings is 1. The van der Waals surface area contributed by atoms with E-state index in [2.05, 4.69) is 11.8 Å². The molecule has 3 rings (SSSR count). The summed E-state index contributed by atoms with van der Waals surface area (Å²) in [6, 6.07) is 6.01. The van der Waals surface area contributed by atoms with Gasteiger partial charge in [-0.15, -0.1) is 0 Å². The van der Waals surface area contributed by atoms with Crippen LogP contribution in [0, 0.1) is 11.7 Å². The topological polar surface area (TPSA) is 29.3 Å². The molecule has 2 bridgehead atoms. The monoisotopic (exact) mass is 262 g/mol. The smallest absolute Gasteiger partial charge is 0.123 e. The quantitative estimate of drug-likeness (QED) is 0.903. The van der Waals surface area contributed by atoms with Crippen LogP contribution in [-0.2, 0) is 6.42 Å². The number of hydrogen-bond donors (Lipinski definition) is 1. The molecule has 2 nitrogen and oxygen atoms in total. The molecule has 1 saturated heterocycles. The van der Waals surface area contributed by atoms with E-state index in [0.29, 0.717) is 6.04 Å². The van der Waals surface area contributed by atoms with Crippen molar-refractivity contribution < 1.29 is 4.39 Å². The summed E-state index contributed by atoms with van der Waals surface area (Å²) in [7, 11) is 0. The standard InChI is InChI=1S/C16H23FN2/c1-2-14(18)9-12-8-13(17)4-6-16(12)19-10-11-3-5-15(19)7-11/h4,6,8,11,14-15H,2-3,5,7,9-10,18H2,1H3. The lowest BCUT2D eigenvalue weighted by Crippen LogP contribution is -2.33. The highest BCUT2D eigenvalue weighted by molar-refractivity contribution is 5.56. The molecule has 1 aromatic rings. The molecule has 3 atom stereocenters. The summed E-state index contributed by atoms with van der Waals surface area (Å²) in [6.07, 6.45) is 5.68. The minimum atomic E-state index is -0.147. The fourth-order valence-corrected chi connectivity index (χ4v) is 3.64. The fourth-order valence-electron chi connectivity index (χ4n) is 3.64. The van der Waals surface area contributed by atoms with Crippen LogP contribution in [0.4, 0.5) is 10.1 Å². The Morgan fingerprint density at radius 1 is 1.42 bits per heavy atom. The van der Waals surface area contributed by atoms with E-state index in [1.165, 1.54) is 24.9 Å². The largest absolute Gasteiger partial charge is 0.368 e. The van der Waals surface area contributed by atoms with Crippen molar-refractivity contribution in [3.63, 3.8) is 0 Å². The SMILES string of the molecule is CCC(N)Cc1cc(F)ccc1N1CC2CCC1C2. The van der Waals surface area contributed by atoms with Gasteiger partial charge in [-0.05, 0) is 61.8 Å². The van der Waals surface area contributed by atoms with E-state index in [9.17, 15) is 4.39 Å². The van der Waals surface area contributed by atoms with Crippen molar-refractivity contribution in [1.82, 2.24) is 0 Å². The lowest BCUT2D eigenvalue weighted by molar-refractivity contribution is 0.549. The van der Waals surface area contributed by atoms with Gasteiger partial charge in [0.25, 0.3) is 0 Å². The first-order valence-corrected chi connectivity index (χ1v) is 7.48. The van der Waals surface area contributed by atoms with Gasteiger partial charge in [-0.25, -0.2) is 4.39 Å². The first kappa shape index (κ1) is 12.9. The lowest BCUT2D eigenvalue weighted by Gasteiger charge is -2.31. The van der Waals surface area contributed by atoms with Gasteiger partial charge in [-0.2, -0.15) is 0 Å². The van der Waals surface area contributed by atoms with Gasteiger partial charge in [0.15, 0.2) is 0 Å². The summed E-state index contributed by atoms with van der Waals surface area (Å²) >= 11 is 0. The molecule has 0 spiro atoms. The van der Waals surface area contributed by atoms with Crippen molar-refractivity contribution in [1.29, 1.82) is 0 Å². The van der Waals surface area contributed by atoms with Crippen LogP contribution in [0.1, 0.15) is 38.2 Å². The van der Waals surface area contributed by atoms with Gasteiger partial charge in [-0.3, -0.25) is 0 Å². The molecule has 2 fully saturated rings. The molecule has 3 heteroatoms. The highest BCUT2D eigenvalue weighted by Crippen LogP contribution is 2.41. The van der Waals surface area contributed by atoms with Gasteiger partial charge in [0.2, 0.25) is 0 Å². The van der Waals surface area contributed by atoms with E-state index in [-0.39, 0.29) is 11.9 Å². The van der Waals surface area contributed by atoms with Crippen LogP contribution in [0.2, 0.25) is 0 Å². The second-order valence-electron chi connectivity index (χ2n) is 6.13. The van der Waals surface area contributed by atoms with Crippen LogP contribution >= 0.6 is 0 Å². The molecule has 19 heavy (non-hydrogen) atoms. The molecule has 1 aromatic carbocycles. The van der Waals surface area contributed by atoms with E-state index < -0.39 is 0 Å². The third kappa shape index (κ3) is 2.48. The van der Waals surface area contributed by atoms with Gasteiger partial charge in [0.05, 0.1) is 0 Å². The van der Waals surface area contributed by atoms with Crippen LogP contribution in [0.3, 0.4) is 0 Å². The maximum absolute atomic E-state index is 13.5. The maximum Gasteiger partial charge on any atom is 0.123 e. The van der Waals surface area contributed by atoms with Crippen LogP contribution < -0.4 is 10.6 Å². The molecule has 1 aliphatic heterocycles. The Bertz CT molecular complexity index is 460. The summed E-state index contributed by atoms with van der Waals surface area (Å²) < 4.78 is 13.5. The predicted molar refractivity (Wildman–Crippen MR) is 76.8 cm³/mol. The molecule has 0 aromatic heterocycles. The molecular formula is C16H23FN2. The predicted octanol–water partition coefficient (Wildman–Crippen LogP) is 3.09. The Balaban J connectivity index is 1.87. The van der Waals surface area contributed by atoms with Crippen molar-refractivity contribution in [2.45, 2.75) is 51.1 Å². The lowest BCUT2D eigenvalue weighted by atomic mass is 10.0. The normalized spacial score (nSPS) is 27.0. The summed E-state index contributed by atoms with van der Waals surface area (Å²) in [4.78, 5) is 2.49. The molecule has 2 aliphatic rings. The molecule has 3 unspecified atom stereocenters. The van der Waals surface area contributed by atoms with Gasteiger partial charge in [-0.1, -0.05) is 6.92 Å². The first-order chi connectivity index (χ1) is 9.17. The Hall–Kier alpha value is -1.09. The van der Waals surface area contributed by atoms with Gasteiger partial charge >= 0.3 is 0 Å². The minimum absolute atomic E-state index is 0.125. The van der Waals surface area contributed by atoms with Crippen LogP contribution in [-0.4, -0.2) is 18.6 Å². The van der Waals surface area contributed by atoms with Crippen molar-refractivity contribution in [2.24, 2.45) is 11.7 Å². The second kappa shape index (κ2) is 5.12. The van der Waals surface area contributed by atoms with Gasteiger partial charge < -0.3 is 10.6 Å². The summed E-state index contributed by atoms with van der Waals surface area (Å²) in [5, 5.41) is 0. The average Bonchev–Trinajstić information content (AvgIpc) is 3.01. The van der Waals surface area contributed by atoms with E-state index in [1.807, 2.05) is 6.07 Å². The van der Waals surface area contributed by atoms with Crippen molar-refractivity contribution in [3.8, 4) is 0 Å². The number of halogens is 1. The van der Waals surface area contributed by atoms with Crippen LogP contribution in [0.25, 0.3) is 0 Å². The number of benzene rings is 1. The Morgan fingerprint density at radius 2 is 2.26 bits per heavy atom. The Kier molecular flexibility index (Phi) is 3.48. The van der Waals surface area contributed by atoms with Crippen molar-refractivity contribution >= 4 is 5.69 Å². The number of nitrogens with zero attached hydrogens (tertiary/aromatic N) is 1. The molecule has 0 radical (unpaired) electrons. The zero-order chi connectivity index (χ0) is 13.4. The Morgan fingerprint density at radius 3 is 2.89 bits per heavy atom. The highest BCUT2D eigenvalue weighted by Gasteiger charge is 2.38. The molecule has 1 heterocycles. The number of hydrogen-bond acceptors (Lipinski definition) is 2. The number of anilines is 1. The van der Waals surface area contributed by atoms with E-state index in [1.54, 1.807) is 12.1 Å². The van der Waals surface area contributed by atoms with E-state index in [0.717, 1.165) is 30.9 Å². The van der Waals surface area contributed by atoms with Crippen molar-refractivity contribution in [3.05, 3.63) is 29.6 Å². The maximum atomic E-state index is 13.5. The van der Waals surface area contributed by atoms with E-state index in [4.69, 9.17) is 5.73 Å². The molecule has 2 N–H and O–H groups in total. The third-order valence-electron chi connectivity index (χ3n) is 4.77. The average molecular weight is 262 g/mol. The molecule has 104 valence electrons. The molecular weight excluding hydrogens is 239 g/mol. The summed E-state index contributed by atoms with van der Waals surface area (Å²) in [6.45, 7) is 3.23. The third-order valence-corrected chi connectivity index (χ3v) is 4.77. The van der Waals surface area contributed by atoms with Crippen LogP contribution in [0.15, 0.2) is 18.2 Å². The molecule has 0 amide bonds. The molecule has 1 aliphatic carbocycles. The van der Waals surface area contributed by atoms with Gasteiger partial charge in [0, 0.05) is 24.3 Å². The second-order valence-corrected chi connectivity index (χ2v) is 6.13. The van der Waals surface area contributed by atoms with Crippen LogP contribution in [0.5, 0.6) is 0 Å². The summed E-state index contributed by atoms with van der Waals surface area (Å²) in [5.41, 5.74) is 8.36. The number of rotatable bonds is 4. The summed E-state index contributed by atoms with van der Waals surface area (Å²) in [5.74, 6) is 0.703. The fraction of sp³-hybridized carbons (Fsp3) is 0.625. The number of fused-ring (bicyclic) bond motifs is 2. The van der Waals surface area contributed by atoms with Gasteiger partial charge in [0.1, 0.15) is 5.82 Å². The van der Waals surface area contributed by atoms with Crippen molar-refractivity contribution in [2.75, 3.05) is 11.4 Å². The zero-order valence-electron chi connectivity index (χ0n) is 11.6. The first-order valence-electron chi connectivity index (χ1n) is 7.48. The Labute approximate surface area is 114 Å². The highest BCUT2D eigenvalue weighted by atomic mass is 19.1. The minimum Gasteiger partial charge on any atom is -0.368 e. The zero-order valence-corrected chi connectivity index (χ0v) is 11.6. The molecule has 1 saturated carbocycles.